The minimum atomic E-state index is -0.829. The molecule has 0 aliphatic carbocycles. The highest BCUT2D eigenvalue weighted by atomic mass is 19.1. The fourth-order valence-corrected chi connectivity index (χ4v) is 1.29. The molecule has 0 aliphatic heterocycles. The molecular formula is C12H13FN2O3. The Morgan fingerprint density at radius 1 is 1.50 bits per heavy atom. The zero-order valence-corrected chi connectivity index (χ0v) is 9.58. The zero-order valence-electron chi connectivity index (χ0n) is 9.58. The van der Waals surface area contributed by atoms with Crippen LogP contribution in [-0.4, -0.2) is 27.5 Å². The third kappa shape index (κ3) is 4.73. The fourth-order valence-electron chi connectivity index (χ4n) is 1.29. The van der Waals surface area contributed by atoms with Gasteiger partial charge < -0.3 is 10.3 Å². The number of allylic oxidation sites excluding steroid dienone is 1. The minimum Gasteiger partial charge on any atom is -0.481 e. The van der Waals surface area contributed by atoms with Crippen LogP contribution in [0.1, 0.15) is 30.7 Å². The van der Waals surface area contributed by atoms with Gasteiger partial charge in [0.2, 0.25) is 0 Å². The maximum absolute atomic E-state index is 13.1. The van der Waals surface area contributed by atoms with E-state index in [2.05, 4.69) is 10.1 Å². The highest BCUT2D eigenvalue weighted by Gasteiger charge is 2.01. The topological polar surface area (TPSA) is 82.8 Å². The van der Waals surface area contributed by atoms with Crippen LogP contribution in [0.5, 0.6) is 0 Å². The number of rotatable bonds is 6. The molecular weight excluding hydrogens is 239 g/mol. The fraction of sp³-hybridized carbons (Fsp3) is 0.250. The average molecular weight is 252 g/mol. The number of unbranched alkanes of at least 4 members (excludes halogenated alkanes) is 1. The van der Waals surface area contributed by atoms with E-state index in [1.165, 1.54) is 12.1 Å². The molecule has 0 saturated heterocycles. The van der Waals surface area contributed by atoms with Crippen molar-refractivity contribution in [1.29, 1.82) is 0 Å². The molecule has 1 aromatic rings. The lowest BCUT2D eigenvalue weighted by molar-refractivity contribution is -0.137. The van der Waals surface area contributed by atoms with Gasteiger partial charge in [-0.25, -0.2) is 9.37 Å². The summed E-state index contributed by atoms with van der Waals surface area (Å²) in [5, 5.41) is 19.5. The summed E-state index contributed by atoms with van der Waals surface area (Å²) >= 11 is 0. The third-order valence-corrected chi connectivity index (χ3v) is 2.12. The number of aliphatic carboxylic acids is 1. The summed E-state index contributed by atoms with van der Waals surface area (Å²) in [5.74, 6) is -1.40. The van der Waals surface area contributed by atoms with Gasteiger partial charge in [-0.15, -0.1) is 0 Å². The van der Waals surface area contributed by atoms with Gasteiger partial charge in [0.25, 0.3) is 0 Å². The molecule has 2 N–H and O–H groups in total. The number of carboxylic acid groups (broad SMARTS) is 1. The van der Waals surface area contributed by atoms with Gasteiger partial charge in [0, 0.05) is 6.42 Å². The Bertz CT molecular complexity index is 472. The second-order valence-corrected chi connectivity index (χ2v) is 3.54. The zero-order chi connectivity index (χ0) is 13.4. The molecule has 0 saturated carbocycles. The molecule has 0 atom stereocenters. The van der Waals surface area contributed by atoms with Crippen LogP contribution >= 0.6 is 0 Å². The minimum absolute atomic E-state index is 0.0508. The van der Waals surface area contributed by atoms with Crippen molar-refractivity contribution in [1.82, 2.24) is 4.98 Å². The predicted octanol–water partition coefficient (Wildman–Crippen LogP) is 2.30. The Labute approximate surface area is 103 Å². The van der Waals surface area contributed by atoms with Crippen LogP contribution in [0.3, 0.4) is 0 Å². The van der Waals surface area contributed by atoms with Crippen LogP contribution in [0.2, 0.25) is 0 Å². The van der Waals surface area contributed by atoms with Gasteiger partial charge in [-0.2, -0.15) is 0 Å². The van der Waals surface area contributed by atoms with Crippen molar-refractivity contribution < 1.29 is 19.5 Å². The summed E-state index contributed by atoms with van der Waals surface area (Å²) in [5.41, 5.74) is 0.465. The Kier molecular flexibility index (Phi) is 5.50. The first kappa shape index (κ1) is 13.8. The Balaban J connectivity index is 2.59. The maximum atomic E-state index is 13.1. The van der Waals surface area contributed by atoms with Gasteiger partial charge >= 0.3 is 5.97 Å². The first-order valence-corrected chi connectivity index (χ1v) is 5.36. The Morgan fingerprint density at radius 3 is 2.94 bits per heavy atom. The van der Waals surface area contributed by atoms with E-state index in [1.807, 2.05) is 0 Å². The first-order valence-electron chi connectivity index (χ1n) is 5.36. The second-order valence-electron chi connectivity index (χ2n) is 3.54. The van der Waals surface area contributed by atoms with E-state index >= 15 is 0 Å². The number of carbonyl (C=O) groups is 1. The number of hydrogen-bond acceptors (Lipinski definition) is 4. The molecule has 0 bridgehead atoms. The number of halogens is 1. The lowest BCUT2D eigenvalue weighted by Gasteiger charge is -1.97. The van der Waals surface area contributed by atoms with Gasteiger partial charge in [-0.1, -0.05) is 11.2 Å². The lowest BCUT2D eigenvalue weighted by Crippen LogP contribution is -1.95. The molecule has 1 aromatic heterocycles. The van der Waals surface area contributed by atoms with E-state index < -0.39 is 11.8 Å². The molecule has 0 aromatic carbocycles. The second kappa shape index (κ2) is 7.16. The number of carboxylic acids is 1. The lowest BCUT2D eigenvalue weighted by atomic mass is 10.2. The highest BCUT2D eigenvalue weighted by molar-refractivity contribution is 5.77. The first-order chi connectivity index (χ1) is 8.63. The molecule has 96 valence electrons. The van der Waals surface area contributed by atoms with Gasteiger partial charge in [0.15, 0.2) is 5.82 Å². The maximum Gasteiger partial charge on any atom is 0.303 e. The normalized spacial score (nSPS) is 11.4. The molecule has 1 heterocycles. The van der Waals surface area contributed by atoms with Gasteiger partial charge in [-0.3, -0.25) is 4.79 Å². The molecule has 0 spiro atoms. The summed E-state index contributed by atoms with van der Waals surface area (Å²) in [6.07, 6.45) is 5.60. The van der Waals surface area contributed by atoms with E-state index in [-0.39, 0.29) is 12.1 Å². The predicted molar refractivity (Wildman–Crippen MR) is 64.1 cm³/mol. The molecule has 0 radical (unpaired) electrons. The van der Waals surface area contributed by atoms with Crippen LogP contribution in [0, 0.1) is 5.82 Å². The average Bonchev–Trinajstić information content (AvgIpc) is 2.32. The number of hydrogen-bond donors (Lipinski definition) is 2. The number of aromatic nitrogens is 1. The van der Waals surface area contributed by atoms with E-state index in [0.717, 1.165) is 6.21 Å². The van der Waals surface area contributed by atoms with Crippen LogP contribution in [-0.2, 0) is 4.79 Å². The van der Waals surface area contributed by atoms with Crippen molar-refractivity contribution >= 4 is 18.3 Å². The Hall–Kier alpha value is -2.24. The third-order valence-electron chi connectivity index (χ3n) is 2.12. The Morgan fingerprint density at radius 2 is 2.28 bits per heavy atom. The number of oxime groups is 1. The van der Waals surface area contributed by atoms with E-state index in [0.29, 0.717) is 18.5 Å². The number of pyridine rings is 1. The largest absolute Gasteiger partial charge is 0.481 e. The van der Waals surface area contributed by atoms with Crippen molar-refractivity contribution in [3.8, 4) is 0 Å². The monoisotopic (exact) mass is 252 g/mol. The van der Waals surface area contributed by atoms with Crippen LogP contribution in [0.25, 0.3) is 6.08 Å². The molecule has 6 heteroatoms. The molecule has 0 unspecified atom stereocenters. The molecule has 18 heavy (non-hydrogen) atoms. The van der Waals surface area contributed by atoms with E-state index in [9.17, 15) is 9.18 Å². The summed E-state index contributed by atoms with van der Waals surface area (Å²) in [6.45, 7) is 0. The summed E-state index contributed by atoms with van der Waals surface area (Å²) in [4.78, 5) is 14.2. The van der Waals surface area contributed by atoms with Crippen molar-refractivity contribution in [2.24, 2.45) is 5.16 Å². The van der Waals surface area contributed by atoms with E-state index in [4.69, 9.17) is 10.3 Å². The summed E-state index contributed by atoms with van der Waals surface area (Å²) in [6, 6.07) is 2.71. The van der Waals surface area contributed by atoms with E-state index in [1.54, 1.807) is 12.2 Å². The van der Waals surface area contributed by atoms with Gasteiger partial charge in [0.05, 0.1) is 11.9 Å². The van der Waals surface area contributed by atoms with Crippen molar-refractivity contribution in [3.63, 3.8) is 0 Å². The summed E-state index contributed by atoms with van der Waals surface area (Å²) in [7, 11) is 0. The van der Waals surface area contributed by atoms with Crippen molar-refractivity contribution in [2.45, 2.75) is 19.3 Å². The van der Waals surface area contributed by atoms with Crippen LogP contribution in [0.15, 0.2) is 23.4 Å². The van der Waals surface area contributed by atoms with Gasteiger partial charge in [-0.05, 0) is 31.1 Å². The van der Waals surface area contributed by atoms with Crippen molar-refractivity contribution in [3.05, 3.63) is 35.4 Å². The number of nitrogens with zero attached hydrogens (tertiary/aromatic N) is 2. The molecule has 5 nitrogen and oxygen atoms in total. The quantitative estimate of drug-likeness (QED) is 0.352. The smallest absolute Gasteiger partial charge is 0.303 e. The van der Waals surface area contributed by atoms with Crippen LogP contribution < -0.4 is 0 Å². The molecule has 0 fully saturated rings. The van der Waals surface area contributed by atoms with Crippen LogP contribution in [0.4, 0.5) is 4.39 Å². The molecule has 0 amide bonds. The highest BCUT2D eigenvalue weighted by Crippen LogP contribution is 2.07. The standard InChI is InChI=1S/C12H13FN2O3/c13-10-7-6-9(15-11(10)8-14-18)4-2-1-3-5-12(16)17/h2,4,6-8,18H,1,3,5H2,(H,16,17)/b4-2+,14-8-. The van der Waals surface area contributed by atoms with Crippen molar-refractivity contribution in [2.75, 3.05) is 0 Å². The molecule has 0 aliphatic rings. The SMILES string of the molecule is O=C(O)CCC/C=C/c1ccc(F)c(/C=N\O)n1. The molecule has 1 rings (SSSR count). The summed E-state index contributed by atoms with van der Waals surface area (Å²) < 4.78 is 13.1. The van der Waals surface area contributed by atoms with Gasteiger partial charge in [0.1, 0.15) is 5.69 Å².